The van der Waals surface area contributed by atoms with Crippen molar-refractivity contribution in [2.75, 3.05) is 0 Å². The highest BCUT2D eigenvalue weighted by Gasteiger charge is 2.15. The molecule has 0 aliphatic carbocycles. The Labute approximate surface area is 95.7 Å². The number of ketones is 1. The SMILES string of the molecule is CCCCC(N)C(=O)c1ccc(F)c(C)c1. The lowest BCUT2D eigenvalue weighted by molar-refractivity contribution is 0.0956. The topological polar surface area (TPSA) is 43.1 Å². The van der Waals surface area contributed by atoms with Crippen LogP contribution in [0.3, 0.4) is 0 Å². The summed E-state index contributed by atoms with van der Waals surface area (Å²) in [5.74, 6) is -0.393. The highest BCUT2D eigenvalue weighted by molar-refractivity contribution is 6.00. The maximum atomic E-state index is 13.0. The van der Waals surface area contributed by atoms with Gasteiger partial charge in [-0.3, -0.25) is 4.79 Å². The van der Waals surface area contributed by atoms with E-state index in [0.717, 1.165) is 12.8 Å². The fourth-order valence-corrected chi connectivity index (χ4v) is 1.57. The molecule has 2 N–H and O–H groups in total. The second-order valence-electron chi connectivity index (χ2n) is 4.08. The average molecular weight is 223 g/mol. The molecule has 0 aromatic heterocycles. The summed E-state index contributed by atoms with van der Waals surface area (Å²) in [5, 5.41) is 0. The van der Waals surface area contributed by atoms with E-state index in [-0.39, 0.29) is 11.6 Å². The predicted molar refractivity (Wildman–Crippen MR) is 63.0 cm³/mol. The van der Waals surface area contributed by atoms with Gasteiger partial charge in [0.05, 0.1) is 6.04 Å². The molecule has 3 heteroatoms. The molecule has 0 bridgehead atoms. The fourth-order valence-electron chi connectivity index (χ4n) is 1.57. The third kappa shape index (κ3) is 3.14. The second kappa shape index (κ2) is 5.75. The number of halogens is 1. The monoisotopic (exact) mass is 223 g/mol. The minimum atomic E-state index is -0.468. The molecule has 0 spiro atoms. The van der Waals surface area contributed by atoms with Crippen LogP contribution in [-0.2, 0) is 0 Å². The third-order valence-corrected chi connectivity index (χ3v) is 2.65. The van der Waals surface area contributed by atoms with Gasteiger partial charge >= 0.3 is 0 Å². The molecule has 0 radical (unpaired) electrons. The standard InChI is InChI=1S/C13H18FNO/c1-3-4-5-12(15)13(16)10-6-7-11(14)9(2)8-10/h6-8,12H,3-5,15H2,1-2H3. The number of nitrogens with two attached hydrogens (primary N) is 1. The van der Waals surface area contributed by atoms with E-state index in [1.54, 1.807) is 13.0 Å². The summed E-state index contributed by atoms with van der Waals surface area (Å²) < 4.78 is 13.0. The number of carbonyl (C=O) groups is 1. The first kappa shape index (κ1) is 12.8. The van der Waals surface area contributed by atoms with Crippen LogP contribution < -0.4 is 5.73 Å². The first-order chi connectivity index (χ1) is 7.56. The van der Waals surface area contributed by atoms with Crippen molar-refractivity contribution in [3.05, 3.63) is 35.1 Å². The number of rotatable bonds is 5. The quantitative estimate of drug-likeness (QED) is 0.780. The van der Waals surface area contributed by atoms with Crippen LogP contribution in [0.15, 0.2) is 18.2 Å². The van der Waals surface area contributed by atoms with Gasteiger partial charge in [-0.25, -0.2) is 4.39 Å². The van der Waals surface area contributed by atoms with Crippen molar-refractivity contribution >= 4 is 5.78 Å². The number of hydrogen-bond donors (Lipinski definition) is 1. The summed E-state index contributed by atoms with van der Waals surface area (Å²) >= 11 is 0. The summed E-state index contributed by atoms with van der Waals surface area (Å²) in [4.78, 5) is 11.9. The molecule has 0 fully saturated rings. The molecular weight excluding hydrogens is 205 g/mol. The van der Waals surface area contributed by atoms with Crippen LogP contribution in [-0.4, -0.2) is 11.8 Å². The Bertz CT molecular complexity index is 376. The number of Topliss-reactive ketones (excluding diaryl/α,β-unsaturated/α-hetero) is 1. The Balaban J connectivity index is 2.76. The maximum Gasteiger partial charge on any atom is 0.179 e. The van der Waals surface area contributed by atoms with Crippen LogP contribution in [0.5, 0.6) is 0 Å². The van der Waals surface area contributed by atoms with Gasteiger partial charge in [0.15, 0.2) is 5.78 Å². The largest absolute Gasteiger partial charge is 0.321 e. The maximum absolute atomic E-state index is 13.0. The predicted octanol–water partition coefficient (Wildman–Crippen LogP) is 2.83. The Hall–Kier alpha value is -1.22. The highest BCUT2D eigenvalue weighted by Crippen LogP contribution is 2.12. The van der Waals surface area contributed by atoms with E-state index >= 15 is 0 Å². The van der Waals surface area contributed by atoms with Gasteiger partial charge < -0.3 is 5.73 Å². The van der Waals surface area contributed by atoms with E-state index in [4.69, 9.17) is 5.73 Å². The number of benzene rings is 1. The van der Waals surface area contributed by atoms with Crippen molar-refractivity contribution in [1.29, 1.82) is 0 Å². The van der Waals surface area contributed by atoms with Gasteiger partial charge in [0, 0.05) is 5.56 Å². The van der Waals surface area contributed by atoms with Crippen molar-refractivity contribution in [3.63, 3.8) is 0 Å². The van der Waals surface area contributed by atoms with Crippen LogP contribution in [0.25, 0.3) is 0 Å². The third-order valence-electron chi connectivity index (χ3n) is 2.65. The number of hydrogen-bond acceptors (Lipinski definition) is 2. The summed E-state index contributed by atoms with van der Waals surface area (Å²) in [6.45, 7) is 3.70. The van der Waals surface area contributed by atoms with E-state index in [1.165, 1.54) is 12.1 Å². The first-order valence-electron chi connectivity index (χ1n) is 5.62. The number of aryl methyl sites for hydroxylation is 1. The zero-order valence-electron chi connectivity index (χ0n) is 9.79. The van der Waals surface area contributed by atoms with Gasteiger partial charge in [-0.15, -0.1) is 0 Å². The lowest BCUT2D eigenvalue weighted by atomic mass is 9.99. The minimum Gasteiger partial charge on any atom is -0.321 e. The van der Waals surface area contributed by atoms with Gasteiger partial charge in [0.1, 0.15) is 5.82 Å². The van der Waals surface area contributed by atoms with Gasteiger partial charge in [0.2, 0.25) is 0 Å². The first-order valence-corrected chi connectivity index (χ1v) is 5.62. The molecule has 0 aliphatic rings. The molecule has 0 saturated carbocycles. The Kier molecular flexibility index (Phi) is 4.62. The normalized spacial score (nSPS) is 12.5. The zero-order valence-corrected chi connectivity index (χ0v) is 9.79. The molecule has 0 saturated heterocycles. The second-order valence-corrected chi connectivity index (χ2v) is 4.08. The Morgan fingerprint density at radius 2 is 2.19 bits per heavy atom. The van der Waals surface area contributed by atoms with Gasteiger partial charge in [-0.2, -0.15) is 0 Å². The fraction of sp³-hybridized carbons (Fsp3) is 0.462. The highest BCUT2D eigenvalue weighted by atomic mass is 19.1. The lowest BCUT2D eigenvalue weighted by Gasteiger charge is -2.10. The molecule has 2 nitrogen and oxygen atoms in total. The van der Waals surface area contributed by atoms with Gasteiger partial charge in [0.25, 0.3) is 0 Å². The molecule has 16 heavy (non-hydrogen) atoms. The summed E-state index contributed by atoms with van der Waals surface area (Å²) in [6, 6.07) is 3.90. The number of unbranched alkanes of at least 4 members (excludes halogenated alkanes) is 1. The molecule has 1 unspecified atom stereocenters. The van der Waals surface area contributed by atoms with Gasteiger partial charge in [-0.1, -0.05) is 19.8 Å². The van der Waals surface area contributed by atoms with E-state index in [9.17, 15) is 9.18 Å². The number of carbonyl (C=O) groups excluding carboxylic acids is 1. The van der Waals surface area contributed by atoms with Crippen LogP contribution in [0.1, 0.15) is 42.1 Å². The molecule has 1 aromatic carbocycles. The molecule has 1 atom stereocenters. The zero-order chi connectivity index (χ0) is 12.1. The van der Waals surface area contributed by atoms with Crippen molar-refractivity contribution in [3.8, 4) is 0 Å². The van der Waals surface area contributed by atoms with Crippen LogP contribution in [0.2, 0.25) is 0 Å². The molecule has 0 heterocycles. The Morgan fingerprint density at radius 3 is 2.75 bits per heavy atom. The summed E-state index contributed by atoms with van der Waals surface area (Å²) in [6.07, 6.45) is 2.64. The molecular formula is C13H18FNO. The average Bonchev–Trinajstić information content (AvgIpc) is 2.28. The van der Waals surface area contributed by atoms with Crippen molar-refractivity contribution in [1.82, 2.24) is 0 Å². The van der Waals surface area contributed by atoms with Crippen LogP contribution in [0, 0.1) is 12.7 Å². The Morgan fingerprint density at radius 1 is 1.50 bits per heavy atom. The molecule has 1 aromatic rings. The molecule has 1 rings (SSSR count). The van der Waals surface area contributed by atoms with Crippen molar-refractivity contribution in [2.45, 2.75) is 39.2 Å². The lowest BCUT2D eigenvalue weighted by Crippen LogP contribution is -2.30. The van der Waals surface area contributed by atoms with Crippen LogP contribution in [0.4, 0.5) is 4.39 Å². The molecule has 88 valence electrons. The molecule has 0 aliphatic heterocycles. The summed E-state index contributed by atoms with van der Waals surface area (Å²) in [7, 11) is 0. The van der Waals surface area contributed by atoms with E-state index in [0.29, 0.717) is 17.5 Å². The van der Waals surface area contributed by atoms with E-state index < -0.39 is 6.04 Å². The summed E-state index contributed by atoms with van der Waals surface area (Å²) in [5.41, 5.74) is 6.76. The van der Waals surface area contributed by atoms with Gasteiger partial charge in [-0.05, 0) is 37.1 Å². The van der Waals surface area contributed by atoms with E-state index in [1.807, 2.05) is 0 Å². The van der Waals surface area contributed by atoms with Crippen LogP contribution >= 0.6 is 0 Å². The minimum absolute atomic E-state index is 0.100. The van der Waals surface area contributed by atoms with E-state index in [2.05, 4.69) is 6.92 Å². The molecule has 0 amide bonds. The smallest absolute Gasteiger partial charge is 0.179 e. The van der Waals surface area contributed by atoms with Crippen molar-refractivity contribution < 1.29 is 9.18 Å². The van der Waals surface area contributed by atoms with Crippen molar-refractivity contribution in [2.24, 2.45) is 5.73 Å².